The van der Waals surface area contributed by atoms with Crippen molar-refractivity contribution in [3.05, 3.63) is 89.5 Å². The van der Waals surface area contributed by atoms with Crippen molar-refractivity contribution in [3.63, 3.8) is 0 Å². The fraction of sp³-hybridized carbons (Fsp3) is 0.222. The van der Waals surface area contributed by atoms with E-state index in [1.54, 1.807) is 43.2 Å². The van der Waals surface area contributed by atoms with Crippen molar-refractivity contribution in [3.8, 4) is 17.2 Å². The summed E-state index contributed by atoms with van der Waals surface area (Å²) in [6, 6.07) is 20.4. The van der Waals surface area contributed by atoms with E-state index >= 15 is 0 Å². The molecular formula is C27H28N3O5+. The molecule has 2 amide bonds. The highest BCUT2D eigenvalue weighted by atomic mass is 16.5. The number of nitrogens with one attached hydrogen (secondary N) is 2. The highest BCUT2D eigenvalue weighted by Crippen LogP contribution is 2.27. The number of carbonyl (C=O) groups is 2. The molecule has 3 aromatic rings. The number of hydrogen-bond donors (Lipinski definition) is 2. The normalized spacial score (nSPS) is 18.1. The third-order valence-electron chi connectivity index (χ3n) is 5.71. The second-order valence-electron chi connectivity index (χ2n) is 7.91. The number of hydrazine groups is 1. The largest absolute Gasteiger partial charge is 0.497 e. The lowest BCUT2D eigenvalue weighted by atomic mass is 9.99. The van der Waals surface area contributed by atoms with Crippen LogP contribution >= 0.6 is 0 Å². The third kappa shape index (κ3) is 5.43. The average Bonchev–Trinajstić information content (AvgIpc) is 3.19. The number of nitrogens with zero attached hydrogens (tertiary/aromatic N) is 1. The van der Waals surface area contributed by atoms with Gasteiger partial charge in [-0.15, -0.1) is 10.1 Å². The zero-order chi connectivity index (χ0) is 24.8. The van der Waals surface area contributed by atoms with E-state index in [9.17, 15) is 9.59 Å². The Bertz CT molecular complexity index is 1210. The molecule has 0 bridgehead atoms. The van der Waals surface area contributed by atoms with Crippen LogP contribution in [0.25, 0.3) is 0 Å². The Kier molecular flexibility index (Phi) is 7.30. The molecule has 35 heavy (non-hydrogen) atoms. The summed E-state index contributed by atoms with van der Waals surface area (Å²) in [5.41, 5.74) is 5.03. The van der Waals surface area contributed by atoms with Crippen LogP contribution in [0.3, 0.4) is 0 Å². The topological polar surface area (TPSA) is 88.9 Å². The summed E-state index contributed by atoms with van der Waals surface area (Å²) in [5.74, 6) is 1.45. The summed E-state index contributed by atoms with van der Waals surface area (Å²) in [5, 5.41) is 2.90. The van der Waals surface area contributed by atoms with E-state index in [1.807, 2.05) is 61.7 Å². The van der Waals surface area contributed by atoms with E-state index in [1.165, 1.54) is 0 Å². The molecule has 0 spiro atoms. The molecule has 3 aromatic carbocycles. The van der Waals surface area contributed by atoms with E-state index in [-0.39, 0.29) is 11.8 Å². The molecule has 2 N–H and O–H groups in total. The highest BCUT2D eigenvalue weighted by molar-refractivity contribution is 5.98. The van der Waals surface area contributed by atoms with Crippen molar-refractivity contribution in [2.45, 2.75) is 19.0 Å². The predicted molar refractivity (Wildman–Crippen MR) is 131 cm³/mol. The lowest BCUT2D eigenvalue weighted by Crippen LogP contribution is -2.42. The third-order valence-corrected chi connectivity index (χ3v) is 5.71. The van der Waals surface area contributed by atoms with Crippen LogP contribution in [-0.4, -0.2) is 49.6 Å². The summed E-state index contributed by atoms with van der Waals surface area (Å²) in [4.78, 5) is 26.0. The molecule has 0 unspecified atom stereocenters. The smallest absolute Gasteiger partial charge is 0.304 e. The molecule has 0 aliphatic carbocycles. The second kappa shape index (κ2) is 10.7. The van der Waals surface area contributed by atoms with Gasteiger partial charge < -0.3 is 19.5 Å². The van der Waals surface area contributed by atoms with Gasteiger partial charge in [0.05, 0.1) is 20.8 Å². The Morgan fingerprint density at radius 2 is 1.49 bits per heavy atom. The maximum absolute atomic E-state index is 13.0. The van der Waals surface area contributed by atoms with Gasteiger partial charge in [0.25, 0.3) is 5.91 Å². The van der Waals surface area contributed by atoms with Crippen molar-refractivity contribution in [1.82, 2.24) is 10.7 Å². The van der Waals surface area contributed by atoms with Gasteiger partial charge in [-0.25, -0.2) is 0 Å². The zero-order valence-electron chi connectivity index (χ0n) is 19.9. The summed E-state index contributed by atoms with van der Waals surface area (Å²) < 4.78 is 17.7. The molecule has 0 radical (unpaired) electrons. The quantitative estimate of drug-likeness (QED) is 0.490. The molecule has 1 aliphatic rings. The van der Waals surface area contributed by atoms with Crippen LogP contribution in [-0.2, 0) is 4.79 Å². The lowest BCUT2D eigenvalue weighted by molar-refractivity contribution is -0.596. The van der Waals surface area contributed by atoms with Gasteiger partial charge in [-0.2, -0.15) is 0 Å². The maximum Gasteiger partial charge on any atom is 0.304 e. The molecule has 2 atom stereocenters. The average molecular weight is 475 g/mol. The number of hydrazone groups is 1. The van der Waals surface area contributed by atoms with Crippen LogP contribution in [0.4, 0.5) is 0 Å². The van der Waals surface area contributed by atoms with Gasteiger partial charge in [0, 0.05) is 16.7 Å². The number of rotatable bonds is 8. The van der Waals surface area contributed by atoms with E-state index in [2.05, 4.69) is 10.7 Å². The number of ether oxygens (including phenoxy) is 3. The minimum absolute atomic E-state index is 0.310. The van der Waals surface area contributed by atoms with Crippen LogP contribution in [0.1, 0.15) is 34.5 Å². The van der Waals surface area contributed by atoms with Gasteiger partial charge in [0.1, 0.15) is 17.2 Å². The predicted octanol–water partition coefficient (Wildman–Crippen LogP) is 3.12. The Morgan fingerprint density at radius 3 is 2.06 bits per heavy atom. The molecule has 4 rings (SSSR count). The number of amides is 2. The highest BCUT2D eigenvalue weighted by Gasteiger charge is 2.47. The van der Waals surface area contributed by atoms with Crippen LogP contribution in [0.15, 0.2) is 72.8 Å². The Morgan fingerprint density at radius 1 is 0.914 bits per heavy atom. The zero-order valence-corrected chi connectivity index (χ0v) is 19.9. The van der Waals surface area contributed by atoms with Crippen LogP contribution in [0, 0.1) is 0 Å². The molecule has 0 aromatic heterocycles. The SMILES string of the molecule is CCOc1ccc(/C=[N+]2\NC(=O)[C@H](NC(=O)c3ccc(OC)cc3)[C@H]2c2ccc(OC)cc2)cc1. The molecule has 180 valence electrons. The van der Waals surface area contributed by atoms with Crippen molar-refractivity contribution in [1.29, 1.82) is 0 Å². The summed E-state index contributed by atoms with van der Waals surface area (Å²) in [6.45, 7) is 2.51. The molecule has 1 heterocycles. The first kappa shape index (κ1) is 23.8. The molecular weight excluding hydrogens is 446 g/mol. The molecule has 8 nitrogen and oxygen atoms in total. The van der Waals surface area contributed by atoms with Crippen LogP contribution in [0.5, 0.6) is 17.2 Å². The summed E-state index contributed by atoms with van der Waals surface area (Å²) >= 11 is 0. The Balaban J connectivity index is 1.65. The van der Waals surface area contributed by atoms with Crippen molar-refractivity contribution in [2.24, 2.45) is 0 Å². The fourth-order valence-corrected chi connectivity index (χ4v) is 3.93. The molecule has 1 fully saturated rings. The second-order valence-corrected chi connectivity index (χ2v) is 7.91. The first-order valence-electron chi connectivity index (χ1n) is 11.3. The minimum atomic E-state index is -0.822. The number of methoxy groups -OCH3 is 2. The van der Waals surface area contributed by atoms with Gasteiger partial charge >= 0.3 is 5.91 Å². The van der Waals surface area contributed by atoms with Gasteiger partial charge in [-0.3, -0.25) is 9.59 Å². The van der Waals surface area contributed by atoms with Crippen molar-refractivity contribution in [2.75, 3.05) is 20.8 Å². The van der Waals surface area contributed by atoms with Crippen molar-refractivity contribution >= 4 is 18.0 Å². The number of carbonyl (C=O) groups excluding carboxylic acids is 2. The molecule has 8 heteroatoms. The van der Waals surface area contributed by atoms with Crippen LogP contribution < -0.4 is 25.0 Å². The molecule has 0 saturated carbocycles. The Hall–Kier alpha value is -4.33. The monoisotopic (exact) mass is 474 g/mol. The first-order chi connectivity index (χ1) is 17.0. The van der Waals surface area contributed by atoms with E-state index in [0.29, 0.717) is 23.7 Å². The van der Waals surface area contributed by atoms with Crippen LogP contribution in [0.2, 0.25) is 0 Å². The van der Waals surface area contributed by atoms with E-state index in [0.717, 1.165) is 16.9 Å². The van der Waals surface area contributed by atoms with Gasteiger partial charge in [0.15, 0.2) is 6.04 Å². The summed E-state index contributed by atoms with van der Waals surface area (Å²) in [6.07, 6.45) is 1.84. The van der Waals surface area contributed by atoms with Gasteiger partial charge in [-0.1, -0.05) is 0 Å². The Labute approximate surface area is 204 Å². The molecule has 1 saturated heterocycles. The lowest BCUT2D eigenvalue weighted by Gasteiger charge is -2.15. The first-order valence-corrected chi connectivity index (χ1v) is 11.3. The van der Waals surface area contributed by atoms with Gasteiger partial charge in [-0.05, 0) is 79.7 Å². The number of hydrogen-bond acceptors (Lipinski definition) is 5. The number of benzene rings is 3. The maximum atomic E-state index is 13.0. The van der Waals surface area contributed by atoms with E-state index < -0.39 is 12.1 Å². The fourth-order valence-electron chi connectivity index (χ4n) is 3.93. The van der Waals surface area contributed by atoms with E-state index in [4.69, 9.17) is 14.2 Å². The van der Waals surface area contributed by atoms with Gasteiger partial charge in [0.2, 0.25) is 12.3 Å². The standard InChI is InChI=1S/C27H27N3O5/c1-4-35-23-11-5-18(6-12-23)17-30-25(19-7-13-21(33-2)14-8-19)24(27(32)29-30)28-26(31)20-9-15-22(34-3)16-10-20/h5-17,24-25H,4H2,1-3H3,(H-,28,29,31,32)/p+1/b30-17-/t24-,25-/m1/s1. The van der Waals surface area contributed by atoms with Crippen molar-refractivity contribution < 1.29 is 28.5 Å². The molecule has 1 aliphatic heterocycles. The minimum Gasteiger partial charge on any atom is -0.497 e. The summed E-state index contributed by atoms with van der Waals surface area (Å²) in [7, 11) is 3.16.